The van der Waals surface area contributed by atoms with Crippen molar-refractivity contribution in [3.8, 4) is 0 Å². The number of aromatic nitrogens is 3. The minimum atomic E-state index is -0.257. The summed E-state index contributed by atoms with van der Waals surface area (Å²) in [6, 6.07) is 5.59. The molecule has 3 heterocycles. The average molecular weight is 361 g/mol. The molecule has 0 aliphatic carbocycles. The van der Waals surface area contributed by atoms with Crippen LogP contribution in [0.15, 0.2) is 32.6 Å². The molecule has 1 N–H and O–H groups in total. The van der Waals surface area contributed by atoms with E-state index >= 15 is 0 Å². The molecule has 8 nitrogen and oxygen atoms in total. The first-order valence-electron chi connectivity index (χ1n) is 7.91. The number of thiophene rings is 1. The zero-order chi connectivity index (χ0) is 17.6. The van der Waals surface area contributed by atoms with E-state index in [2.05, 4.69) is 20.6 Å². The average Bonchev–Trinajstić information content (AvgIpc) is 3.35. The lowest BCUT2D eigenvalue weighted by Crippen LogP contribution is -2.36. The lowest BCUT2D eigenvalue weighted by Gasteiger charge is -2.15. The van der Waals surface area contributed by atoms with Crippen molar-refractivity contribution < 1.29 is 13.8 Å². The molecule has 0 aromatic carbocycles. The van der Waals surface area contributed by atoms with Crippen LogP contribution in [0.25, 0.3) is 0 Å². The highest BCUT2D eigenvalue weighted by molar-refractivity contribution is 7.09. The van der Waals surface area contributed by atoms with Gasteiger partial charge in [-0.15, -0.1) is 11.3 Å². The van der Waals surface area contributed by atoms with Crippen LogP contribution >= 0.6 is 11.3 Å². The van der Waals surface area contributed by atoms with Gasteiger partial charge in [-0.2, -0.15) is 4.98 Å². The molecule has 0 spiro atoms. The van der Waals surface area contributed by atoms with Crippen molar-refractivity contribution in [2.45, 2.75) is 32.9 Å². The van der Waals surface area contributed by atoms with E-state index in [9.17, 15) is 4.79 Å². The fraction of sp³-hybridized carbons (Fsp3) is 0.375. The lowest BCUT2D eigenvalue weighted by molar-refractivity contribution is 0.198. The third-order valence-corrected chi connectivity index (χ3v) is 4.40. The summed E-state index contributed by atoms with van der Waals surface area (Å²) in [5.74, 6) is 1.63. The number of nitrogens with one attached hydrogen (secondary N) is 1. The van der Waals surface area contributed by atoms with Crippen LogP contribution < -0.4 is 5.32 Å². The Labute approximate surface area is 148 Å². The van der Waals surface area contributed by atoms with Crippen molar-refractivity contribution in [3.05, 3.63) is 51.6 Å². The van der Waals surface area contributed by atoms with Gasteiger partial charge in [0.1, 0.15) is 0 Å². The molecule has 0 radical (unpaired) electrons. The Kier molecular flexibility index (Phi) is 5.44. The SMILES string of the molecule is CCc1cc(CN(C)C(=O)NCc2nc(Cc3cccs3)no2)on1. The molecule has 0 bridgehead atoms. The Balaban J connectivity index is 1.47. The van der Waals surface area contributed by atoms with E-state index in [1.54, 1.807) is 18.4 Å². The van der Waals surface area contributed by atoms with E-state index in [1.807, 2.05) is 30.5 Å². The predicted octanol–water partition coefficient (Wildman–Crippen LogP) is 2.61. The molecular weight excluding hydrogens is 342 g/mol. The van der Waals surface area contributed by atoms with E-state index < -0.39 is 0 Å². The van der Waals surface area contributed by atoms with Crippen LogP contribution in [0, 0.1) is 0 Å². The number of carbonyl (C=O) groups is 1. The monoisotopic (exact) mass is 361 g/mol. The maximum atomic E-state index is 12.1. The first-order valence-corrected chi connectivity index (χ1v) is 8.79. The van der Waals surface area contributed by atoms with Crippen LogP contribution in [0.5, 0.6) is 0 Å². The Morgan fingerprint density at radius 1 is 1.36 bits per heavy atom. The normalized spacial score (nSPS) is 10.8. The van der Waals surface area contributed by atoms with Crippen molar-refractivity contribution in [1.82, 2.24) is 25.5 Å². The molecule has 25 heavy (non-hydrogen) atoms. The Morgan fingerprint density at radius 3 is 2.96 bits per heavy atom. The number of rotatable bonds is 7. The topological polar surface area (TPSA) is 97.3 Å². The van der Waals surface area contributed by atoms with Crippen molar-refractivity contribution >= 4 is 17.4 Å². The molecule has 0 aliphatic heterocycles. The van der Waals surface area contributed by atoms with Gasteiger partial charge in [-0.3, -0.25) is 0 Å². The van der Waals surface area contributed by atoms with Gasteiger partial charge in [0, 0.05) is 24.4 Å². The molecule has 132 valence electrons. The van der Waals surface area contributed by atoms with Gasteiger partial charge in [0.2, 0.25) is 5.89 Å². The van der Waals surface area contributed by atoms with Gasteiger partial charge in [-0.1, -0.05) is 23.3 Å². The van der Waals surface area contributed by atoms with Gasteiger partial charge in [0.25, 0.3) is 0 Å². The van der Waals surface area contributed by atoms with Crippen molar-refractivity contribution in [2.24, 2.45) is 0 Å². The number of aryl methyl sites for hydroxylation is 1. The first kappa shape index (κ1) is 17.2. The highest BCUT2D eigenvalue weighted by atomic mass is 32.1. The van der Waals surface area contributed by atoms with E-state index in [0.29, 0.717) is 30.4 Å². The summed E-state index contributed by atoms with van der Waals surface area (Å²) in [6.07, 6.45) is 1.42. The summed E-state index contributed by atoms with van der Waals surface area (Å²) >= 11 is 1.64. The molecule has 3 aromatic heterocycles. The molecule has 9 heteroatoms. The van der Waals surface area contributed by atoms with Gasteiger partial charge < -0.3 is 19.3 Å². The van der Waals surface area contributed by atoms with Gasteiger partial charge in [0.15, 0.2) is 11.6 Å². The summed E-state index contributed by atoms with van der Waals surface area (Å²) in [5.41, 5.74) is 0.868. The Hall–Kier alpha value is -2.68. The number of hydrogen-bond donors (Lipinski definition) is 1. The molecule has 0 saturated heterocycles. The van der Waals surface area contributed by atoms with Crippen molar-refractivity contribution in [1.29, 1.82) is 0 Å². The van der Waals surface area contributed by atoms with Crippen molar-refractivity contribution in [3.63, 3.8) is 0 Å². The van der Waals surface area contributed by atoms with E-state index in [-0.39, 0.29) is 12.6 Å². The summed E-state index contributed by atoms with van der Waals surface area (Å²) in [4.78, 5) is 19.1. The molecule has 0 aliphatic rings. The van der Waals surface area contributed by atoms with E-state index in [0.717, 1.165) is 17.0 Å². The van der Waals surface area contributed by atoms with Crippen LogP contribution in [0.4, 0.5) is 4.79 Å². The molecule has 0 fully saturated rings. The maximum absolute atomic E-state index is 12.1. The standard InChI is InChI=1S/C16H19N5O3S/c1-3-11-7-12(23-19-11)10-21(2)16(22)17-9-15-18-14(20-24-15)8-13-5-4-6-25-13/h4-7H,3,8-10H2,1-2H3,(H,17,22). The zero-order valence-corrected chi connectivity index (χ0v) is 14.9. The fourth-order valence-electron chi connectivity index (χ4n) is 2.19. The third kappa shape index (κ3) is 4.66. The molecular formula is C16H19N5O3S. The van der Waals surface area contributed by atoms with Gasteiger partial charge >= 0.3 is 6.03 Å². The van der Waals surface area contributed by atoms with Crippen LogP contribution in [0.1, 0.15) is 35.0 Å². The van der Waals surface area contributed by atoms with Crippen molar-refractivity contribution in [2.75, 3.05) is 7.05 Å². The van der Waals surface area contributed by atoms with E-state index in [4.69, 9.17) is 9.05 Å². The van der Waals surface area contributed by atoms with Crippen LogP contribution in [0.3, 0.4) is 0 Å². The van der Waals surface area contributed by atoms with Gasteiger partial charge in [-0.05, 0) is 17.9 Å². The third-order valence-electron chi connectivity index (χ3n) is 3.52. The summed E-state index contributed by atoms with van der Waals surface area (Å²) in [7, 11) is 1.68. The number of hydrogen-bond acceptors (Lipinski definition) is 7. The minimum absolute atomic E-state index is 0.178. The number of carbonyl (C=O) groups excluding carboxylic acids is 1. The quantitative estimate of drug-likeness (QED) is 0.695. The number of urea groups is 1. The Morgan fingerprint density at radius 2 is 2.24 bits per heavy atom. The molecule has 0 saturated carbocycles. The molecule has 0 unspecified atom stereocenters. The van der Waals surface area contributed by atoms with Gasteiger partial charge in [0.05, 0.1) is 18.8 Å². The lowest BCUT2D eigenvalue weighted by atomic mass is 10.3. The highest BCUT2D eigenvalue weighted by Gasteiger charge is 2.14. The smallest absolute Gasteiger partial charge is 0.317 e. The van der Waals surface area contributed by atoms with Crippen LogP contribution in [-0.2, 0) is 25.9 Å². The van der Waals surface area contributed by atoms with E-state index in [1.165, 1.54) is 4.90 Å². The zero-order valence-electron chi connectivity index (χ0n) is 14.1. The summed E-state index contributed by atoms with van der Waals surface area (Å²) in [6.45, 7) is 2.51. The molecule has 3 aromatic rings. The second kappa shape index (κ2) is 7.93. The maximum Gasteiger partial charge on any atom is 0.317 e. The number of amides is 2. The second-order valence-electron chi connectivity index (χ2n) is 5.51. The van der Waals surface area contributed by atoms with Crippen LogP contribution in [0.2, 0.25) is 0 Å². The summed E-state index contributed by atoms with van der Waals surface area (Å²) < 4.78 is 10.3. The number of nitrogens with zero attached hydrogens (tertiary/aromatic N) is 4. The fourth-order valence-corrected chi connectivity index (χ4v) is 2.89. The molecule has 2 amide bonds. The molecule has 3 rings (SSSR count). The Bertz CT molecular complexity index is 811. The minimum Gasteiger partial charge on any atom is -0.359 e. The highest BCUT2D eigenvalue weighted by Crippen LogP contribution is 2.13. The van der Waals surface area contributed by atoms with Crippen LogP contribution in [-0.4, -0.2) is 33.3 Å². The second-order valence-corrected chi connectivity index (χ2v) is 6.55. The predicted molar refractivity (Wildman–Crippen MR) is 91.0 cm³/mol. The first-order chi connectivity index (χ1) is 12.1. The largest absolute Gasteiger partial charge is 0.359 e. The van der Waals surface area contributed by atoms with Gasteiger partial charge in [-0.25, -0.2) is 4.79 Å². The summed E-state index contributed by atoms with van der Waals surface area (Å²) in [5, 5.41) is 12.6. The molecule has 0 atom stereocenters.